The Morgan fingerprint density at radius 3 is 2.39 bits per heavy atom. The van der Waals surface area contributed by atoms with Gasteiger partial charge in [-0.3, -0.25) is 10.1 Å². The van der Waals surface area contributed by atoms with Crippen LogP contribution in [0.4, 0.5) is 5.82 Å². The molecule has 20 nitrogen and oxygen atoms in total. The number of anilines is 1. The van der Waals surface area contributed by atoms with Crippen LogP contribution in [0, 0.1) is 11.8 Å². The van der Waals surface area contributed by atoms with Crippen LogP contribution in [-0.2, 0) is 27.0 Å². The number of benzene rings is 4. The number of hydrogen-bond acceptors (Lipinski definition) is 18. The fourth-order valence-electron chi connectivity index (χ4n) is 14.2. The second-order valence-electron chi connectivity index (χ2n) is 22.2. The highest BCUT2D eigenvalue weighted by molar-refractivity contribution is 5.90. The monoisotopic (exact) mass is 1080 g/mol. The maximum atomic E-state index is 14.5. The van der Waals surface area contributed by atoms with Gasteiger partial charge in [0.25, 0.3) is 0 Å². The molecular weight excluding hydrogens is 1020 g/mol. The molecular formula is C59H64N4O16. The lowest BCUT2D eigenvalue weighted by Crippen LogP contribution is -2.80. The van der Waals surface area contributed by atoms with Crippen LogP contribution in [0.15, 0.2) is 112 Å². The third-order valence-corrected chi connectivity index (χ3v) is 17.8. The maximum Gasteiger partial charge on any atom is 0.336 e. The second-order valence-corrected chi connectivity index (χ2v) is 22.2. The molecule has 0 amide bonds. The summed E-state index contributed by atoms with van der Waals surface area (Å²) in [7, 11) is 0. The van der Waals surface area contributed by atoms with Gasteiger partial charge < -0.3 is 85.4 Å². The molecule has 4 aliphatic carbocycles. The highest BCUT2D eigenvalue weighted by Crippen LogP contribution is 2.61. The Kier molecular flexibility index (Phi) is 13.2. The van der Waals surface area contributed by atoms with E-state index in [1.165, 1.54) is 24.3 Å². The van der Waals surface area contributed by atoms with Crippen molar-refractivity contribution in [1.82, 2.24) is 15.6 Å². The molecule has 4 aromatic carbocycles. The normalized spacial score (nSPS) is 29.7. The molecule has 2 aliphatic heterocycles. The summed E-state index contributed by atoms with van der Waals surface area (Å²) < 4.78 is 32.6. The zero-order chi connectivity index (χ0) is 55.2. The molecule has 6 aliphatic rings. The first-order chi connectivity index (χ1) is 38.0. The van der Waals surface area contributed by atoms with Gasteiger partial charge in [-0.15, -0.1) is 0 Å². The summed E-state index contributed by atoms with van der Waals surface area (Å²) in [6.45, 7) is 0.00239. The number of carboxylic acid groups (broad SMARTS) is 1. The number of hydrogen-bond donors (Lipinski definition) is 13. The van der Waals surface area contributed by atoms with Gasteiger partial charge in [0.15, 0.2) is 34.7 Å². The Morgan fingerprint density at radius 1 is 0.911 bits per heavy atom. The summed E-state index contributed by atoms with van der Waals surface area (Å²) in [6, 6.07) is 23.0. The standard InChI is InChI=1S/C59H64N4O16/c60-46-19-18-38(63-46)49(68)45(28-64)75-34-16-14-30(15-17-34)42-24-41(67)47-43(76-42)25-44(51(50(47)69)79-58-22-6-9-31(58)7-4-11-35-36(58)12-5-13-40(35)66)77-55-57(73)26-37(56(20-1-2-21-56)32-8-3-10-33(65)23-32)48(39-27-61-29-62-39)59(74,54(57)72)52(78-55)53(70)71/h3,5,8,10,12-19,23-26,31,39,45,48-49,52,54-55,61-66,68-69,72-74H,1-2,4,6-7,9,11,20-22,27-29,60H2,(H,70,71)/t31-,39-,45+,48-,49-,52-,54+,55-,57-,58+,59-/m1/s1. The third kappa shape index (κ3) is 8.50. The number of aromatic hydroxyl groups is 3. The number of rotatable bonds is 14. The molecule has 2 aromatic heterocycles. The molecule has 4 fully saturated rings. The molecule has 416 valence electrons. The molecule has 0 radical (unpaired) electrons. The molecule has 0 spiro atoms. The number of carboxylic acids is 1. The van der Waals surface area contributed by atoms with E-state index in [0.29, 0.717) is 104 Å². The number of aliphatic hydroxyl groups excluding tert-OH is 3. The predicted molar refractivity (Wildman–Crippen MR) is 284 cm³/mol. The number of aliphatic carboxylic acids is 1. The second kappa shape index (κ2) is 19.9. The molecule has 4 heterocycles. The number of nitrogens with two attached hydrogens (primary N) is 1. The highest BCUT2D eigenvalue weighted by Gasteiger charge is 2.73. The predicted octanol–water partition coefficient (Wildman–Crippen LogP) is 4.97. The maximum absolute atomic E-state index is 14.5. The first kappa shape index (κ1) is 52.6. The number of ether oxygens (including phenoxy) is 4. The first-order valence-electron chi connectivity index (χ1n) is 27.0. The fraction of sp³-hybridized carbons (Fsp3) is 0.424. The van der Waals surface area contributed by atoms with Crippen molar-refractivity contribution in [3.8, 4) is 45.8 Å². The lowest BCUT2D eigenvalue weighted by atomic mass is 9.54. The van der Waals surface area contributed by atoms with Gasteiger partial charge in [-0.05, 0) is 118 Å². The number of nitrogens with one attached hydrogen (secondary N) is 3. The number of H-pyrrole nitrogens is 1. The lowest BCUT2D eigenvalue weighted by Gasteiger charge is -2.60. The molecule has 6 aromatic rings. The van der Waals surface area contributed by atoms with Crippen molar-refractivity contribution in [3.05, 3.63) is 135 Å². The Balaban J connectivity index is 1.01. The van der Waals surface area contributed by atoms with Gasteiger partial charge in [-0.1, -0.05) is 42.7 Å². The molecule has 2 saturated carbocycles. The number of phenolic OH excluding ortho intramolecular Hbond substituents is 3. The van der Waals surface area contributed by atoms with Gasteiger partial charge in [0.1, 0.15) is 63.2 Å². The van der Waals surface area contributed by atoms with Gasteiger partial charge in [-0.25, -0.2) is 4.79 Å². The molecule has 2 bridgehead atoms. The number of phenols is 3. The van der Waals surface area contributed by atoms with E-state index in [0.717, 1.165) is 6.42 Å². The number of carbonyl (C=O) groups is 1. The van der Waals surface area contributed by atoms with Crippen molar-refractivity contribution in [2.45, 2.75) is 123 Å². The topological polar surface area (TPSA) is 332 Å². The number of aliphatic hydroxyl groups is 5. The summed E-state index contributed by atoms with van der Waals surface area (Å²) in [5, 5.41) is 113. The van der Waals surface area contributed by atoms with Gasteiger partial charge >= 0.3 is 5.97 Å². The van der Waals surface area contributed by atoms with E-state index >= 15 is 0 Å². The molecule has 2 saturated heterocycles. The zero-order valence-electron chi connectivity index (χ0n) is 43.0. The quantitative estimate of drug-likeness (QED) is 0.0640. The SMILES string of the molecule is Nc1ccc([C@@H](O)[C@H](CO)Oc2ccc(-c3cc(=O)c4c(O)c(O[C@@]56CCC[C@H]5CCCc5c(O)cccc56)c(O[C@@H]5O[C@H](C(=O)O)[C@]6(O)[C@@H]([C@H]7CNCN7)C(C7(c8cccc(O)c8)CCCC7)=C[C@@]5(O)[C@@H]6O)cc4o3)cc2)[nH]1. The Hall–Kier alpha value is -7.14. The van der Waals surface area contributed by atoms with Crippen molar-refractivity contribution in [2.24, 2.45) is 11.8 Å². The minimum absolute atomic E-state index is 0.0139. The van der Waals surface area contributed by atoms with E-state index in [-0.39, 0.29) is 57.9 Å². The minimum Gasteiger partial charge on any atom is -0.508 e. The van der Waals surface area contributed by atoms with E-state index in [1.807, 2.05) is 12.1 Å². The average molecular weight is 1090 g/mol. The number of aromatic amines is 1. The van der Waals surface area contributed by atoms with E-state index in [2.05, 4.69) is 15.6 Å². The van der Waals surface area contributed by atoms with Crippen LogP contribution in [0.5, 0.6) is 34.5 Å². The lowest BCUT2D eigenvalue weighted by molar-refractivity contribution is -0.345. The molecule has 20 heteroatoms. The van der Waals surface area contributed by atoms with Crippen molar-refractivity contribution in [3.63, 3.8) is 0 Å². The van der Waals surface area contributed by atoms with E-state index < -0.39 is 88.6 Å². The van der Waals surface area contributed by atoms with Gasteiger partial charge in [0.2, 0.25) is 12.0 Å². The fourth-order valence-corrected chi connectivity index (χ4v) is 14.2. The van der Waals surface area contributed by atoms with Crippen LogP contribution in [0.25, 0.3) is 22.3 Å². The smallest absolute Gasteiger partial charge is 0.336 e. The van der Waals surface area contributed by atoms with Crippen LogP contribution >= 0.6 is 0 Å². The highest BCUT2D eigenvalue weighted by atomic mass is 16.7. The third-order valence-electron chi connectivity index (χ3n) is 17.8. The zero-order valence-corrected chi connectivity index (χ0v) is 43.0. The van der Waals surface area contributed by atoms with Crippen molar-refractivity contribution >= 4 is 22.8 Å². The molecule has 14 N–H and O–H groups in total. The van der Waals surface area contributed by atoms with Crippen LogP contribution < -0.4 is 36.0 Å². The summed E-state index contributed by atoms with van der Waals surface area (Å²) in [6.07, 6.45) is -1.51. The summed E-state index contributed by atoms with van der Waals surface area (Å²) in [4.78, 5) is 31.1. The Bertz CT molecular complexity index is 3410. The van der Waals surface area contributed by atoms with Crippen LogP contribution in [-0.4, -0.2) is 119 Å². The van der Waals surface area contributed by atoms with E-state index in [4.69, 9.17) is 29.1 Å². The molecule has 79 heavy (non-hydrogen) atoms. The van der Waals surface area contributed by atoms with Gasteiger partial charge in [0, 0.05) is 71.0 Å². The Morgan fingerprint density at radius 2 is 1.68 bits per heavy atom. The number of fused-ring (bicyclic) bond motifs is 6. The molecule has 12 rings (SSSR count). The summed E-state index contributed by atoms with van der Waals surface area (Å²) >= 11 is 0. The van der Waals surface area contributed by atoms with Crippen LogP contribution in [0.2, 0.25) is 0 Å². The van der Waals surface area contributed by atoms with Crippen LogP contribution in [0.1, 0.15) is 86.3 Å². The average Bonchev–Trinajstić information content (AvgIpc) is 3.84. The largest absolute Gasteiger partial charge is 0.508 e. The van der Waals surface area contributed by atoms with Gasteiger partial charge in [0.05, 0.1) is 6.61 Å². The Labute approximate surface area is 452 Å². The minimum atomic E-state index is -2.74. The summed E-state index contributed by atoms with van der Waals surface area (Å²) in [5.41, 5.74) is 0.300. The number of nitrogen functional groups attached to an aromatic ring is 1. The molecule has 11 atom stereocenters. The van der Waals surface area contributed by atoms with Gasteiger partial charge in [-0.2, -0.15) is 0 Å². The van der Waals surface area contributed by atoms with Crippen molar-refractivity contribution < 1.29 is 74.1 Å². The van der Waals surface area contributed by atoms with E-state index in [1.54, 1.807) is 60.7 Å². The summed E-state index contributed by atoms with van der Waals surface area (Å²) in [5.74, 6) is -3.89. The van der Waals surface area contributed by atoms with Crippen molar-refractivity contribution in [2.75, 3.05) is 25.6 Å². The van der Waals surface area contributed by atoms with Crippen LogP contribution in [0.3, 0.4) is 0 Å². The number of aromatic nitrogens is 1. The van der Waals surface area contributed by atoms with E-state index in [9.17, 15) is 55.5 Å². The van der Waals surface area contributed by atoms with Crippen molar-refractivity contribution in [1.29, 1.82) is 0 Å². The molecule has 0 unspecified atom stereocenters. The first-order valence-corrected chi connectivity index (χ1v) is 27.0.